The molecule has 1 fully saturated rings. The summed E-state index contributed by atoms with van der Waals surface area (Å²) in [6.07, 6.45) is 1.54. The summed E-state index contributed by atoms with van der Waals surface area (Å²) in [6, 6.07) is 7.13. The molecule has 3 rings (SSSR count). The molecule has 144 valence electrons. The quantitative estimate of drug-likeness (QED) is 0.858. The van der Waals surface area contributed by atoms with Gasteiger partial charge >= 0.3 is 12.0 Å². The van der Waals surface area contributed by atoms with Gasteiger partial charge < -0.3 is 19.7 Å². The lowest BCUT2D eigenvalue weighted by Gasteiger charge is -2.32. The first-order valence-corrected chi connectivity index (χ1v) is 9.21. The molecule has 0 aliphatic carbocycles. The maximum atomic E-state index is 12.7. The predicted octanol–water partition coefficient (Wildman–Crippen LogP) is 3.83. The van der Waals surface area contributed by atoms with Crippen LogP contribution in [0.4, 0.5) is 10.5 Å². The number of aromatic nitrogens is 2. The Morgan fingerprint density at radius 1 is 1.26 bits per heavy atom. The van der Waals surface area contributed by atoms with Crippen molar-refractivity contribution >= 4 is 23.3 Å². The maximum Gasteiger partial charge on any atom is 0.322 e. The van der Waals surface area contributed by atoms with Gasteiger partial charge in [0.15, 0.2) is 0 Å². The number of carbonyl (C=O) groups excluding carboxylic acids is 1. The first-order chi connectivity index (χ1) is 12.9. The molecule has 1 aliphatic rings. The molecule has 27 heavy (non-hydrogen) atoms. The zero-order valence-electron chi connectivity index (χ0n) is 15.7. The number of piperidine rings is 1. The summed E-state index contributed by atoms with van der Waals surface area (Å²) in [5.41, 5.74) is 2.25. The van der Waals surface area contributed by atoms with Crippen LogP contribution < -0.4 is 14.8 Å². The van der Waals surface area contributed by atoms with E-state index >= 15 is 0 Å². The highest BCUT2D eigenvalue weighted by Gasteiger charge is 2.26. The van der Waals surface area contributed by atoms with Crippen molar-refractivity contribution in [2.24, 2.45) is 0 Å². The third kappa shape index (κ3) is 5.01. The molecule has 1 aromatic carbocycles. The first-order valence-electron chi connectivity index (χ1n) is 8.83. The van der Waals surface area contributed by atoms with Crippen molar-refractivity contribution in [1.82, 2.24) is 14.9 Å². The van der Waals surface area contributed by atoms with Gasteiger partial charge in [0.1, 0.15) is 11.9 Å². The summed E-state index contributed by atoms with van der Waals surface area (Å²) in [4.78, 5) is 23.0. The van der Waals surface area contributed by atoms with Gasteiger partial charge in [0.05, 0.1) is 19.3 Å². The summed E-state index contributed by atoms with van der Waals surface area (Å²) >= 11 is 6.03. The van der Waals surface area contributed by atoms with Crippen molar-refractivity contribution < 1.29 is 14.3 Å². The highest BCUT2D eigenvalue weighted by atomic mass is 35.5. The van der Waals surface area contributed by atoms with Gasteiger partial charge in [-0.15, -0.1) is 0 Å². The fourth-order valence-corrected chi connectivity index (χ4v) is 3.26. The number of carbonyl (C=O) groups is 1. The Balaban J connectivity index is 1.65. The standard InChI is InChI=1S/C19H23ClN4O3/c1-12-9-13(2)22-18(21-12)27-15-5-4-8-24(11-15)19(25)23-16-10-14(20)6-7-17(16)26-3/h6-7,9-10,15H,4-5,8,11H2,1-3H3,(H,23,25). The monoisotopic (exact) mass is 390 g/mol. The molecule has 1 atom stereocenters. The van der Waals surface area contributed by atoms with E-state index in [0.717, 1.165) is 24.2 Å². The topological polar surface area (TPSA) is 76.6 Å². The minimum absolute atomic E-state index is 0.146. The van der Waals surface area contributed by atoms with Crippen LogP contribution in [0.2, 0.25) is 5.02 Å². The van der Waals surface area contributed by atoms with Gasteiger partial charge in [-0.25, -0.2) is 14.8 Å². The van der Waals surface area contributed by atoms with E-state index in [4.69, 9.17) is 21.1 Å². The van der Waals surface area contributed by atoms with Crippen LogP contribution in [0.25, 0.3) is 0 Å². The number of methoxy groups -OCH3 is 1. The van der Waals surface area contributed by atoms with Gasteiger partial charge in [-0.1, -0.05) is 11.6 Å². The van der Waals surface area contributed by atoms with Crippen LogP contribution in [0.3, 0.4) is 0 Å². The van der Waals surface area contributed by atoms with E-state index in [-0.39, 0.29) is 12.1 Å². The highest BCUT2D eigenvalue weighted by Crippen LogP contribution is 2.28. The molecule has 1 aromatic heterocycles. The molecular formula is C19H23ClN4O3. The Labute approximate surface area is 163 Å². The van der Waals surface area contributed by atoms with E-state index in [0.29, 0.717) is 35.6 Å². The van der Waals surface area contributed by atoms with Crippen molar-refractivity contribution in [2.45, 2.75) is 32.8 Å². The summed E-state index contributed by atoms with van der Waals surface area (Å²) in [5.74, 6) is 0.557. The summed E-state index contributed by atoms with van der Waals surface area (Å²) < 4.78 is 11.2. The number of nitrogens with one attached hydrogen (secondary N) is 1. The van der Waals surface area contributed by atoms with E-state index in [2.05, 4.69) is 15.3 Å². The Bertz CT molecular complexity index is 810. The molecule has 1 aliphatic heterocycles. The molecule has 0 bridgehead atoms. The average Bonchev–Trinajstić information content (AvgIpc) is 2.61. The van der Waals surface area contributed by atoms with Crippen LogP contribution >= 0.6 is 11.6 Å². The van der Waals surface area contributed by atoms with Gasteiger partial charge in [-0.05, 0) is 51.0 Å². The number of nitrogens with zero attached hydrogens (tertiary/aromatic N) is 3. The molecule has 1 saturated heterocycles. The van der Waals surface area contributed by atoms with Crippen LogP contribution in [-0.2, 0) is 0 Å². The summed E-state index contributed by atoms with van der Waals surface area (Å²) in [6.45, 7) is 4.93. The molecule has 0 radical (unpaired) electrons. The Hall–Kier alpha value is -2.54. The number of hydrogen-bond donors (Lipinski definition) is 1. The lowest BCUT2D eigenvalue weighted by atomic mass is 10.1. The lowest BCUT2D eigenvalue weighted by molar-refractivity contribution is 0.0980. The number of urea groups is 1. The van der Waals surface area contributed by atoms with Gasteiger partial charge in [0, 0.05) is 23.0 Å². The number of likely N-dealkylation sites (tertiary alicyclic amines) is 1. The van der Waals surface area contributed by atoms with E-state index in [9.17, 15) is 4.79 Å². The van der Waals surface area contributed by atoms with Crippen molar-refractivity contribution in [3.8, 4) is 11.8 Å². The molecule has 7 nitrogen and oxygen atoms in total. The number of benzene rings is 1. The molecule has 8 heteroatoms. The molecule has 2 heterocycles. The van der Waals surface area contributed by atoms with Gasteiger partial charge in [0.25, 0.3) is 0 Å². The van der Waals surface area contributed by atoms with Crippen molar-refractivity contribution in [1.29, 1.82) is 0 Å². The number of rotatable bonds is 4. The van der Waals surface area contributed by atoms with E-state index in [1.54, 1.807) is 30.2 Å². The number of hydrogen-bond acceptors (Lipinski definition) is 5. The lowest BCUT2D eigenvalue weighted by Crippen LogP contribution is -2.46. The number of amides is 2. The van der Waals surface area contributed by atoms with Crippen LogP contribution in [0.5, 0.6) is 11.8 Å². The molecule has 1 N–H and O–H groups in total. The van der Waals surface area contributed by atoms with E-state index < -0.39 is 0 Å². The second kappa shape index (κ2) is 8.43. The third-order valence-corrected chi connectivity index (χ3v) is 4.54. The molecule has 2 aromatic rings. The summed E-state index contributed by atoms with van der Waals surface area (Å²) in [5, 5.41) is 3.39. The Morgan fingerprint density at radius 3 is 2.70 bits per heavy atom. The number of ether oxygens (including phenoxy) is 2. The minimum Gasteiger partial charge on any atom is -0.495 e. The SMILES string of the molecule is COc1ccc(Cl)cc1NC(=O)N1CCCC(Oc2nc(C)cc(C)n2)C1. The second-order valence-electron chi connectivity index (χ2n) is 6.54. The van der Waals surface area contributed by atoms with Gasteiger partial charge in [-0.3, -0.25) is 0 Å². The second-order valence-corrected chi connectivity index (χ2v) is 6.97. The Morgan fingerprint density at radius 2 is 2.00 bits per heavy atom. The maximum absolute atomic E-state index is 12.7. The molecule has 0 saturated carbocycles. The highest BCUT2D eigenvalue weighted by molar-refractivity contribution is 6.31. The van der Waals surface area contributed by atoms with Gasteiger partial charge in [-0.2, -0.15) is 0 Å². The zero-order valence-corrected chi connectivity index (χ0v) is 16.4. The average molecular weight is 391 g/mol. The van der Waals surface area contributed by atoms with Crippen LogP contribution in [-0.4, -0.2) is 47.2 Å². The molecule has 1 unspecified atom stereocenters. The predicted molar refractivity (Wildman–Crippen MR) is 104 cm³/mol. The largest absolute Gasteiger partial charge is 0.495 e. The first kappa shape index (κ1) is 19.2. The third-order valence-electron chi connectivity index (χ3n) is 4.30. The Kier molecular flexibility index (Phi) is 6.01. The van der Waals surface area contributed by atoms with Crippen molar-refractivity contribution in [3.05, 3.63) is 40.7 Å². The van der Waals surface area contributed by atoms with Gasteiger partial charge in [0.2, 0.25) is 0 Å². The van der Waals surface area contributed by atoms with E-state index in [1.807, 2.05) is 19.9 Å². The smallest absolute Gasteiger partial charge is 0.322 e. The number of halogens is 1. The van der Waals surface area contributed by atoms with E-state index in [1.165, 1.54) is 0 Å². The summed E-state index contributed by atoms with van der Waals surface area (Å²) in [7, 11) is 1.55. The zero-order chi connectivity index (χ0) is 19.4. The fourth-order valence-electron chi connectivity index (χ4n) is 3.09. The van der Waals surface area contributed by atoms with Crippen LogP contribution in [0.15, 0.2) is 24.3 Å². The molecular weight excluding hydrogens is 368 g/mol. The normalized spacial score (nSPS) is 16.7. The molecule has 2 amide bonds. The van der Waals surface area contributed by atoms with Crippen molar-refractivity contribution in [2.75, 3.05) is 25.5 Å². The van der Waals surface area contributed by atoms with Crippen LogP contribution in [0.1, 0.15) is 24.2 Å². The van der Waals surface area contributed by atoms with Crippen molar-refractivity contribution in [3.63, 3.8) is 0 Å². The fraction of sp³-hybridized carbons (Fsp3) is 0.421. The number of anilines is 1. The molecule has 0 spiro atoms. The minimum atomic E-state index is -0.217. The number of aryl methyl sites for hydroxylation is 2. The van der Waals surface area contributed by atoms with Crippen LogP contribution in [0, 0.1) is 13.8 Å².